The van der Waals surface area contributed by atoms with Crippen LogP contribution in [0.25, 0.3) is 10.9 Å². The molecule has 1 saturated heterocycles. The molecule has 0 unspecified atom stereocenters. The SMILES string of the molecule is O=S(=O)(C1CCCC1)N1CCN(c2cccc3[nH]ccc23)CC1. The van der Waals surface area contributed by atoms with E-state index in [1.165, 1.54) is 11.1 Å². The highest BCUT2D eigenvalue weighted by molar-refractivity contribution is 7.89. The number of anilines is 1. The van der Waals surface area contributed by atoms with Gasteiger partial charge in [-0.05, 0) is 31.0 Å². The third-order valence-corrected chi connectivity index (χ3v) is 7.63. The highest BCUT2D eigenvalue weighted by atomic mass is 32.2. The van der Waals surface area contributed by atoms with Crippen LogP contribution in [0.3, 0.4) is 0 Å². The highest BCUT2D eigenvalue weighted by Crippen LogP contribution is 2.30. The summed E-state index contributed by atoms with van der Waals surface area (Å²) in [7, 11) is -3.10. The number of hydrogen-bond acceptors (Lipinski definition) is 3. The van der Waals surface area contributed by atoms with E-state index < -0.39 is 10.0 Å². The van der Waals surface area contributed by atoms with E-state index in [0.29, 0.717) is 13.1 Å². The first-order valence-electron chi connectivity index (χ1n) is 8.46. The van der Waals surface area contributed by atoms with Crippen LogP contribution in [0.4, 0.5) is 5.69 Å². The fraction of sp³-hybridized carbons (Fsp3) is 0.529. The van der Waals surface area contributed by atoms with E-state index in [0.717, 1.165) is 44.3 Å². The second-order valence-electron chi connectivity index (χ2n) is 6.55. The molecule has 0 bridgehead atoms. The predicted octanol–water partition coefficient (Wildman–Crippen LogP) is 2.56. The summed E-state index contributed by atoms with van der Waals surface area (Å²) in [6.45, 7) is 2.71. The molecule has 0 spiro atoms. The predicted molar refractivity (Wildman–Crippen MR) is 93.3 cm³/mol. The van der Waals surface area contributed by atoms with Crippen LogP contribution < -0.4 is 4.90 Å². The number of benzene rings is 1. The van der Waals surface area contributed by atoms with Crippen molar-refractivity contribution in [3.63, 3.8) is 0 Å². The summed E-state index contributed by atoms with van der Waals surface area (Å²) >= 11 is 0. The van der Waals surface area contributed by atoms with E-state index in [1.807, 2.05) is 6.20 Å². The number of hydrogen-bond donors (Lipinski definition) is 1. The van der Waals surface area contributed by atoms with E-state index in [9.17, 15) is 8.42 Å². The van der Waals surface area contributed by atoms with Crippen LogP contribution in [-0.2, 0) is 10.0 Å². The Morgan fingerprint density at radius 3 is 2.48 bits per heavy atom. The van der Waals surface area contributed by atoms with Crippen LogP contribution in [0.15, 0.2) is 30.5 Å². The zero-order chi connectivity index (χ0) is 15.9. The number of nitrogens with one attached hydrogen (secondary N) is 1. The van der Waals surface area contributed by atoms with Crippen molar-refractivity contribution in [2.24, 2.45) is 0 Å². The lowest BCUT2D eigenvalue weighted by Crippen LogP contribution is -2.50. The third-order valence-electron chi connectivity index (χ3n) is 5.23. The Morgan fingerprint density at radius 2 is 1.74 bits per heavy atom. The number of aromatic amines is 1. The molecule has 1 aromatic heterocycles. The Labute approximate surface area is 137 Å². The van der Waals surface area contributed by atoms with Crippen LogP contribution in [0.5, 0.6) is 0 Å². The molecule has 2 aromatic rings. The van der Waals surface area contributed by atoms with Crippen LogP contribution in [-0.4, -0.2) is 49.1 Å². The number of H-pyrrole nitrogens is 1. The summed E-state index contributed by atoms with van der Waals surface area (Å²) in [6, 6.07) is 8.33. The average molecular weight is 333 g/mol. The number of rotatable bonds is 3. The van der Waals surface area contributed by atoms with E-state index in [-0.39, 0.29) is 5.25 Å². The molecular weight excluding hydrogens is 310 g/mol. The van der Waals surface area contributed by atoms with Gasteiger partial charge in [0.05, 0.1) is 5.25 Å². The van der Waals surface area contributed by atoms with Crippen molar-refractivity contribution in [1.29, 1.82) is 0 Å². The zero-order valence-corrected chi connectivity index (χ0v) is 14.1. The Balaban J connectivity index is 1.50. The summed E-state index contributed by atoms with van der Waals surface area (Å²) in [5.74, 6) is 0. The van der Waals surface area contributed by atoms with E-state index >= 15 is 0 Å². The van der Waals surface area contributed by atoms with Gasteiger partial charge in [-0.1, -0.05) is 18.9 Å². The second kappa shape index (κ2) is 5.83. The Kier molecular flexibility index (Phi) is 3.81. The van der Waals surface area contributed by atoms with E-state index in [1.54, 1.807) is 4.31 Å². The van der Waals surface area contributed by atoms with Crippen molar-refractivity contribution in [2.45, 2.75) is 30.9 Å². The van der Waals surface area contributed by atoms with Gasteiger partial charge in [0.2, 0.25) is 10.0 Å². The van der Waals surface area contributed by atoms with Gasteiger partial charge >= 0.3 is 0 Å². The molecule has 1 aromatic carbocycles. The zero-order valence-electron chi connectivity index (χ0n) is 13.2. The highest BCUT2D eigenvalue weighted by Gasteiger charge is 2.35. The van der Waals surface area contributed by atoms with Gasteiger partial charge in [-0.2, -0.15) is 4.31 Å². The van der Waals surface area contributed by atoms with Crippen LogP contribution in [0.1, 0.15) is 25.7 Å². The number of aromatic nitrogens is 1. The molecule has 1 aliphatic carbocycles. The van der Waals surface area contributed by atoms with Crippen LogP contribution in [0.2, 0.25) is 0 Å². The molecule has 2 heterocycles. The van der Waals surface area contributed by atoms with Crippen molar-refractivity contribution in [2.75, 3.05) is 31.1 Å². The van der Waals surface area contributed by atoms with Crippen molar-refractivity contribution < 1.29 is 8.42 Å². The molecule has 1 N–H and O–H groups in total. The molecule has 124 valence electrons. The summed E-state index contributed by atoms with van der Waals surface area (Å²) in [4.78, 5) is 5.54. The first-order chi connectivity index (χ1) is 11.2. The van der Waals surface area contributed by atoms with Gasteiger partial charge < -0.3 is 9.88 Å². The molecule has 23 heavy (non-hydrogen) atoms. The molecule has 6 heteroatoms. The number of sulfonamides is 1. The summed E-state index contributed by atoms with van der Waals surface area (Å²) in [6.07, 6.45) is 5.74. The largest absolute Gasteiger partial charge is 0.368 e. The summed E-state index contributed by atoms with van der Waals surface area (Å²) in [5, 5.41) is 1.07. The van der Waals surface area contributed by atoms with Crippen LogP contribution >= 0.6 is 0 Å². The topological polar surface area (TPSA) is 56.4 Å². The van der Waals surface area contributed by atoms with Crippen molar-refractivity contribution >= 4 is 26.6 Å². The quantitative estimate of drug-likeness (QED) is 0.939. The van der Waals surface area contributed by atoms with Gasteiger partial charge in [0.15, 0.2) is 0 Å². The molecule has 2 aliphatic rings. The van der Waals surface area contributed by atoms with E-state index in [2.05, 4.69) is 34.1 Å². The van der Waals surface area contributed by atoms with Crippen molar-refractivity contribution in [3.8, 4) is 0 Å². The number of piperazine rings is 1. The minimum absolute atomic E-state index is 0.137. The average Bonchev–Trinajstić information content (AvgIpc) is 3.26. The summed E-state index contributed by atoms with van der Waals surface area (Å²) < 4.78 is 27.1. The molecule has 2 fully saturated rings. The Hall–Kier alpha value is -1.53. The number of fused-ring (bicyclic) bond motifs is 1. The fourth-order valence-electron chi connectivity index (χ4n) is 3.93. The molecule has 4 rings (SSSR count). The van der Waals surface area contributed by atoms with Gasteiger partial charge in [-0.3, -0.25) is 0 Å². The molecule has 0 amide bonds. The van der Waals surface area contributed by atoms with Gasteiger partial charge in [0.1, 0.15) is 0 Å². The first kappa shape index (κ1) is 15.0. The Morgan fingerprint density at radius 1 is 1.00 bits per heavy atom. The normalized spacial score (nSPS) is 21.3. The minimum Gasteiger partial charge on any atom is -0.368 e. The number of nitrogens with zero attached hydrogens (tertiary/aromatic N) is 2. The molecule has 5 nitrogen and oxygen atoms in total. The van der Waals surface area contributed by atoms with Gasteiger partial charge in [0, 0.05) is 49.0 Å². The lowest BCUT2D eigenvalue weighted by Gasteiger charge is -2.36. The van der Waals surface area contributed by atoms with Gasteiger partial charge in [0.25, 0.3) is 0 Å². The molecule has 0 radical (unpaired) electrons. The fourth-order valence-corrected chi connectivity index (χ4v) is 5.95. The molecule has 1 aliphatic heterocycles. The third kappa shape index (κ3) is 2.64. The maximum Gasteiger partial charge on any atom is 0.217 e. The van der Waals surface area contributed by atoms with E-state index in [4.69, 9.17) is 0 Å². The minimum atomic E-state index is -3.10. The molecule has 0 atom stereocenters. The lowest BCUT2D eigenvalue weighted by molar-refractivity contribution is 0.379. The van der Waals surface area contributed by atoms with Crippen molar-refractivity contribution in [1.82, 2.24) is 9.29 Å². The monoisotopic (exact) mass is 333 g/mol. The molecular formula is C17H23N3O2S. The van der Waals surface area contributed by atoms with Crippen LogP contribution in [0, 0.1) is 0 Å². The smallest absolute Gasteiger partial charge is 0.217 e. The standard InChI is InChI=1S/C17H23N3O2S/c21-23(22,14-4-1-2-5-14)20-12-10-19(11-13-20)17-7-3-6-16-15(17)8-9-18-16/h3,6-9,14,18H,1-2,4-5,10-13H2. The maximum atomic E-state index is 12.7. The van der Waals surface area contributed by atoms with Gasteiger partial charge in [-0.25, -0.2) is 8.42 Å². The lowest BCUT2D eigenvalue weighted by atomic mass is 10.2. The summed E-state index contributed by atoms with van der Waals surface area (Å²) in [5.41, 5.74) is 2.32. The van der Waals surface area contributed by atoms with Crippen molar-refractivity contribution in [3.05, 3.63) is 30.5 Å². The second-order valence-corrected chi connectivity index (χ2v) is 8.77. The molecule has 1 saturated carbocycles. The Bertz CT molecular complexity index is 785. The first-order valence-corrected chi connectivity index (χ1v) is 9.96. The maximum absolute atomic E-state index is 12.7. The van der Waals surface area contributed by atoms with Gasteiger partial charge in [-0.15, -0.1) is 0 Å².